The van der Waals surface area contributed by atoms with Crippen molar-refractivity contribution in [2.75, 3.05) is 0 Å². The average molecular weight is 327 g/mol. The minimum Gasteiger partial charge on any atom is -0.267 e. The van der Waals surface area contributed by atoms with Crippen LogP contribution in [0.2, 0.25) is 0 Å². The first-order chi connectivity index (χ1) is 8.66. The number of nitrogens with zero attached hydrogens (tertiary/aromatic N) is 1. The van der Waals surface area contributed by atoms with Crippen LogP contribution in [0.4, 0.5) is 4.39 Å². The van der Waals surface area contributed by atoms with Crippen LogP contribution in [0.5, 0.6) is 0 Å². The molecule has 0 aliphatic heterocycles. The Balaban J connectivity index is 2.01. The van der Waals surface area contributed by atoms with Gasteiger partial charge < -0.3 is 0 Å². The predicted molar refractivity (Wildman–Crippen MR) is 73.5 cm³/mol. The maximum atomic E-state index is 12.7. The summed E-state index contributed by atoms with van der Waals surface area (Å²) in [5.74, 6) is -0.323. The van der Waals surface area contributed by atoms with E-state index in [1.54, 1.807) is 24.3 Å². The molecule has 18 heavy (non-hydrogen) atoms. The van der Waals surface area contributed by atoms with E-state index < -0.39 is 0 Å². The Labute approximate surface area is 115 Å². The minimum absolute atomic E-state index is 0.284. The molecule has 1 amide bonds. The number of hydrogen-bond acceptors (Lipinski definition) is 3. The molecule has 2 aromatic rings. The highest BCUT2D eigenvalue weighted by molar-refractivity contribution is 9.10. The third kappa shape index (κ3) is 3.24. The second-order valence-corrected chi connectivity index (χ2v) is 5.24. The lowest BCUT2D eigenvalue weighted by Gasteiger charge is -2.01. The smallest absolute Gasteiger partial charge is 0.267 e. The molecule has 1 aromatic heterocycles. The molecule has 1 N–H and O–H groups in total. The monoisotopic (exact) mass is 326 g/mol. The molecular weight excluding hydrogens is 319 g/mol. The SMILES string of the molecule is O=C(NN=Cc1ccc(F)s1)c1ccccc1Br. The first-order valence-corrected chi connectivity index (χ1v) is 6.61. The zero-order valence-electron chi connectivity index (χ0n) is 9.06. The number of hydrazone groups is 1. The summed E-state index contributed by atoms with van der Waals surface area (Å²) in [4.78, 5) is 12.4. The number of rotatable bonds is 3. The van der Waals surface area contributed by atoms with E-state index in [4.69, 9.17) is 0 Å². The largest absolute Gasteiger partial charge is 0.272 e. The lowest BCUT2D eigenvalue weighted by Crippen LogP contribution is -2.17. The summed E-state index contributed by atoms with van der Waals surface area (Å²) in [6.07, 6.45) is 1.41. The van der Waals surface area contributed by atoms with E-state index in [-0.39, 0.29) is 11.0 Å². The number of hydrogen-bond donors (Lipinski definition) is 1. The fourth-order valence-corrected chi connectivity index (χ4v) is 2.33. The molecular formula is C12H8BrFN2OS. The molecule has 0 fully saturated rings. The Morgan fingerprint density at radius 1 is 1.33 bits per heavy atom. The quantitative estimate of drug-likeness (QED) is 0.681. The molecule has 0 radical (unpaired) electrons. The van der Waals surface area contributed by atoms with E-state index in [1.165, 1.54) is 12.3 Å². The van der Waals surface area contributed by atoms with Gasteiger partial charge in [0.15, 0.2) is 5.13 Å². The van der Waals surface area contributed by atoms with Crippen molar-refractivity contribution in [2.45, 2.75) is 0 Å². The number of carbonyl (C=O) groups excluding carboxylic acids is 1. The minimum atomic E-state index is -0.323. The van der Waals surface area contributed by atoms with Crippen LogP contribution >= 0.6 is 27.3 Å². The second-order valence-electron chi connectivity index (χ2n) is 3.32. The van der Waals surface area contributed by atoms with Gasteiger partial charge in [0.05, 0.1) is 16.7 Å². The second kappa shape index (κ2) is 5.88. The summed E-state index contributed by atoms with van der Waals surface area (Å²) in [5, 5.41) is 3.49. The van der Waals surface area contributed by atoms with Gasteiger partial charge in [0.25, 0.3) is 5.91 Å². The highest BCUT2D eigenvalue weighted by Gasteiger charge is 2.07. The van der Waals surface area contributed by atoms with Crippen molar-refractivity contribution in [3.63, 3.8) is 0 Å². The van der Waals surface area contributed by atoms with Crippen molar-refractivity contribution in [2.24, 2.45) is 5.10 Å². The van der Waals surface area contributed by atoms with Gasteiger partial charge >= 0.3 is 0 Å². The molecule has 0 spiro atoms. The first kappa shape index (κ1) is 12.9. The molecule has 0 bridgehead atoms. The Morgan fingerprint density at radius 2 is 2.11 bits per heavy atom. The van der Waals surface area contributed by atoms with Gasteiger partial charge in [-0.2, -0.15) is 9.49 Å². The van der Waals surface area contributed by atoms with E-state index >= 15 is 0 Å². The van der Waals surface area contributed by atoms with Crippen LogP contribution in [0.1, 0.15) is 15.2 Å². The molecule has 1 aromatic carbocycles. The zero-order chi connectivity index (χ0) is 13.0. The molecule has 6 heteroatoms. The van der Waals surface area contributed by atoms with Crippen molar-refractivity contribution in [3.8, 4) is 0 Å². The number of thiophene rings is 1. The van der Waals surface area contributed by atoms with E-state index in [0.717, 1.165) is 11.3 Å². The summed E-state index contributed by atoms with van der Waals surface area (Å²) < 4.78 is 13.4. The molecule has 1 heterocycles. The summed E-state index contributed by atoms with van der Waals surface area (Å²) in [5.41, 5.74) is 2.87. The molecule has 92 valence electrons. The van der Waals surface area contributed by atoms with Crippen LogP contribution in [0, 0.1) is 5.13 Å². The van der Waals surface area contributed by atoms with Crippen molar-refractivity contribution in [1.82, 2.24) is 5.43 Å². The normalized spacial score (nSPS) is 10.8. The molecule has 0 atom stereocenters. The van der Waals surface area contributed by atoms with Gasteiger partial charge in [0, 0.05) is 4.47 Å². The van der Waals surface area contributed by atoms with Gasteiger partial charge in [-0.25, -0.2) is 5.43 Å². The van der Waals surface area contributed by atoms with Crippen LogP contribution in [-0.2, 0) is 0 Å². The Hall–Kier alpha value is -1.53. The molecule has 2 rings (SSSR count). The maximum absolute atomic E-state index is 12.7. The van der Waals surface area contributed by atoms with Crippen LogP contribution in [0.3, 0.4) is 0 Å². The van der Waals surface area contributed by atoms with Gasteiger partial charge in [0.1, 0.15) is 0 Å². The van der Waals surface area contributed by atoms with Gasteiger partial charge in [-0.15, -0.1) is 11.3 Å². The van der Waals surface area contributed by atoms with Gasteiger partial charge in [-0.3, -0.25) is 4.79 Å². The van der Waals surface area contributed by atoms with Gasteiger partial charge in [-0.05, 0) is 40.2 Å². The first-order valence-electron chi connectivity index (χ1n) is 5.00. The number of amides is 1. The summed E-state index contributed by atoms with van der Waals surface area (Å²) >= 11 is 4.24. The van der Waals surface area contributed by atoms with Crippen molar-refractivity contribution < 1.29 is 9.18 Å². The lowest BCUT2D eigenvalue weighted by molar-refractivity contribution is 0.0954. The standard InChI is InChI=1S/C12H8BrFN2OS/c13-10-4-2-1-3-9(10)12(17)16-15-7-8-5-6-11(14)18-8/h1-7H,(H,16,17). The number of benzene rings is 1. The number of nitrogens with one attached hydrogen (secondary N) is 1. The fraction of sp³-hybridized carbons (Fsp3) is 0. The van der Waals surface area contributed by atoms with E-state index in [0.29, 0.717) is 14.9 Å². The Bertz CT molecular complexity index is 597. The van der Waals surface area contributed by atoms with Gasteiger partial charge in [-0.1, -0.05) is 12.1 Å². The topological polar surface area (TPSA) is 41.5 Å². The summed E-state index contributed by atoms with van der Waals surface area (Å²) in [6.45, 7) is 0. The van der Waals surface area contributed by atoms with Gasteiger partial charge in [0.2, 0.25) is 0 Å². The highest BCUT2D eigenvalue weighted by Crippen LogP contribution is 2.15. The Kier molecular flexibility index (Phi) is 4.22. The lowest BCUT2D eigenvalue weighted by atomic mass is 10.2. The summed E-state index contributed by atoms with van der Waals surface area (Å²) in [7, 11) is 0. The van der Waals surface area contributed by atoms with Crippen LogP contribution in [-0.4, -0.2) is 12.1 Å². The van der Waals surface area contributed by atoms with Crippen LogP contribution in [0.25, 0.3) is 0 Å². The van der Waals surface area contributed by atoms with Crippen molar-refractivity contribution in [1.29, 1.82) is 0 Å². The highest BCUT2D eigenvalue weighted by atomic mass is 79.9. The number of halogens is 2. The fourth-order valence-electron chi connectivity index (χ4n) is 1.26. The predicted octanol–water partition coefficient (Wildman–Crippen LogP) is 3.41. The zero-order valence-corrected chi connectivity index (χ0v) is 11.5. The third-order valence-corrected chi connectivity index (χ3v) is 3.57. The molecule has 3 nitrogen and oxygen atoms in total. The Morgan fingerprint density at radius 3 is 2.78 bits per heavy atom. The van der Waals surface area contributed by atoms with Crippen LogP contribution < -0.4 is 5.43 Å². The molecule has 0 aliphatic carbocycles. The van der Waals surface area contributed by atoms with Crippen LogP contribution in [0.15, 0.2) is 46.0 Å². The van der Waals surface area contributed by atoms with E-state index in [9.17, 15) is 9.18 Å². The third-order valence-electron chi connectivity index (χ3n) is 2.07. The van der Waals surface area contributed by atoms with Crippen molar-refractivity contribution in [3.05, 3.63) is 56.4 Å². The maximum Gasteiger partial charge on any atom is 0.272 e. The molecule has 0 unspecified atom stereocenters. The average Bonchev–Trinajstić information content (AvgIpc) is 2.75. The van der Waals surface area contributed by atoms with E-state index in [1.807, 2.05) is 6.07 Å². The molecule has 0 saturated carbocycles. The molecule has 0 saturated heterocycles. The summed E-state index contributed by atoms with van der Waals surface area (Å²) in [6, 6.07) is 9.97. The van der Waals surface area contributed by atoms with E-state index in [2.05, 4.69) is 26.5 Å². The number of carbonyl (C=O) groups is 1. The van der Waals surface area contributed by atoms with Crippen molar-refractivity contribution >= 4 is 39.4 Å². The molecule has 0 aliphatic rings.